The van der Waals surface area contributed by atoms with Crippen LogP contribution in [0.25, 0.3) is 0 Å². The van der Waals surface area contributed by atoms with Crippen molar-refractivity contribution in [2.75, 3.05) is 6.54 Å². The highest BCUT2D eigenvalue weighted by molar-refractivity contribution is 9.10. The van der Waals surface area contributed by atoms with Crippen molar-refractivity contribution in [2.24, 2.45) is 0 Å². The lowest BCUT2D eigenvalue weighted by molar-refractivity contribution is 0.535. The molecule has 2 rings (SSSR count). The lowest BCUT2D eigenvalue weighted by Crippen LogP contribution is -2.24. The predicted molar refractivity (Wildman–Crippen MR) is 83.2 cm³/mol. The summed E-state index contributed by atoms with van der Waals surface area (Å²) < 4.78 is 14.5. The van der Waals surface area contributed by atoms with E-state index in [1.807, 2.05) is 25.1 Å². The van der Waals surface area contributed by atoms with E-state index in [-0.39, 0.29) is 11.9 Å². The molecule has 0 aliphatic carbocycles. The second kappa shape index (κ2) is 6.95. The van der Waals surface area contributed by atoms with E-state index in [0.29, 0.717) is 0 Å². The van der Waals surface area contributed by atoms with Crippen LogP contribution in [0.1, 0.15) is 29.8 Å². The molecule has 1 aromatic heterocycles. The number of hydrogen-bond donors (Lipinski definition) is 1. The third-order valence-corrected chi connectivity index (χ3v) is 3.74. The SMILES string of the molecule is CCNC(Cc1ccc(Br)cn1)c1cc(F)ccc1C. The van der Waals surface area contributed by atoms with Gasteiger partial charge in [0.1, 0.15) is 5.82 Å². The van der Waals surface area contributed by atoms with E-state index in [1.54, 1.807) is 12.3 Å². The van der Waals surface area contributed by atoms with Crippen LogP contribution in [-0.2, 0) is 6.42 Å². The Labute approximate surface area is 127 Å². The molecule has 0 spiro atoms. The minimum Gasteiger partial charge on any atom is -0.310 e. The smallest absolute Gasteiger partial charge is 0.123 e. The summed E-state index contributed by atoms with van der Waals surface area (Å²) in [6, 6.07) is 8.97. The number of hydrogen-bond acceptors (Lipinski definition) is 2. The number of nitrogens with one attached hydrogen (secondary N) is 1. The summed E-state index contributed by atoms with van der Waals surface area (Å²) in [5.74, 6) is -0.197. The zero-order chi connectivity index (χ0) is 14.5. The molecule has 20 heavy (non-hydrogen) atoms. The standard InChI is InChI=1S/C16H18BrFN2/c1-3-19-16(9-14-7-5-12(17)10-20-14)15-8-13(18)6-4-11(15)2/h4-8,10,16,19H,3,9H2,1-2H3. The monoisotopic (exact) mass is 336 g/mol. The molecule has 1 heterocycles. The first-order chi connectivity index (χ1) is 9.60. The first-order valence-electron chi connectivity index (χ1n) is 6.70. The number of pyridine rings is 1. The Bertz CT molecular complexity index is 569. The number of rotatable bonds is 5. The second-order valence-electron chi connectivity index (χ2n) is 4.78. The Morgan fingerprint density at radius 3 is 2.75 bits per heavy atom. The molecular weight excluding hydrogens is 319 g/mol. The van der Waals surface area contributed by atoms with E-state index in [2.05, 4.69) is 33.2 Å². The maximum absolute atomic E-state index is 13.5. The third kappa shape index (κ3) is 3.87. The van der Waals surface area contributed by atoms with E-state index < -0.39 is 0 Å². The summed E-state index contributed by atoms with van der Waals surface area (Å²) in [5.41, 5.74) is 3.08. The van der Waals surface area contributed by atoms with Gasteiger partial charge in [0.15, 0.2) is 0 Å². The van der Waals surface area contributed by atoms with E-state index in [9.17, 15) is 4.39 Å². The summed E-state index contributed by atoms with van der Waals surface area (Å²) in [6.45, 7) is 4.89. The van der Waals surface area contributed by atoms with Crippen LogP contribution >= 0.6 is 15.9 Å². The van der Waals surface area contributed by atoms with Crippen molar-refractivity contribution in [1.29, 1.82) is 0 Å². The lowest BCUT2D eigenvalue weighted by Gasteiger charge is -2.20. The highest BCUT2D eigenvalue weighted by Crippen LogP contribution is 2.22. The van der Waals surface area contributed by atoms with E-state index in [0.717, 1.165) is 34.3 Å². The predicted octanol–water partition coefficient (Wildman–Crippen LogP) is 4.18. The average molecular weight is 337 g/mol. The van der Waals surface area contributed by atoms with Crippen LogP contribution in [0.5, 0.6) is 0 Å². The summed E-state index contributed by atoms with van der Waals surface area (Å²) in [4.78, 5) is 4.40. The Morgan fingerprint density at radius 2 is 2.10 bits per heavy atom. The first-order valence-corrected chi connectivity index (χ1v) is 7.49. The topological polar surface area (TPSA) is 24.9 Å². The Morgan fingerprint density at radius 1 is 1.30 bits per heavy atom. The van der Waals surface area contributed by atoms with Crippen LogP contribution in [0, 0.1) is 12.7 Å². The molecule has 1 unspecified atom stereocenters. The molecule has 0 amide bonds. The molecule has 1 atom stereocenters. The van der Waals surface area contributed by atoms with Gasteiger partial charge in [-0.1, -0.05) is 13.0 Å². The molecule has 0 aliphatic heterocycles. The number of aromatic nitrogens is 1. The van der Waals surface area contributed by atoms with Crippen LogP contribution in [0.15, 0.2) is 41.0 Å². The molecule has 0 fully saturated rings. The van der Waals surface area contributed by atoms with Crippen molar-refractivity contribution in [1.82, 2.24) is 10.3 Å². The Balaban J connectivity index is 2.26. The maximum Gasteiger partial charge on any atom is 0.123 e. The average Bonchev–Trinajstić information content (AvgIpc) is 2.43. The minimum atomic E-state index is -0.197. The van der Waals surface area contributed by atoms with Crippen molar-refractivity contribution in [3.63, 3.8) is 0 Å². The minimum absolute atomic E-state index is 0.0735. The molecule has 0 saturated heterocycles. The van der Waals surface area contributed by atoms with E-state index in [1.165, 1.54) is 6.07 Å². The fourth-order valence-corrected chi connectivity index (χ4v) is 2.50. The molecule has 4 heteroatoms. The zero-order valence-electron chi connectivity index (χ0n) is 11.7. The van der Waals surface area contributed by atoms with Crippen molar-refractivity contribution in [3.8, 4) is 0 Å². The highest BCUT2D eigenvalue weighted by Gasteiger charge is 2.15. The molecule has 0 aliphatic rings. The van der Waals surface area contributed by atoms with Crippen molar-refractivity contribution >= 4 is 15.9 Å². The summed E-state index contributed by atoms with van der Waals surface area (Å²) in [7, 11) is 0. The number of benzene rings is 1. The van der Waals surface area contributed by atoms with Gasteiger partial charge in [0, 0.05) is 28.8 Å². The molecule has 2 nitrogen and oxygen atoms in total. The fourth-order valence-electron chi connectivity index (χ4n) is 2.26. The first kappa shape index (κ1) is 15.1. The van der Waals surface area contributed by atoms with Gasteiger partial charge in [-0.2, -0.15) is 0 Å². The summed E-state index contributed by atoms with van der Waals surface area (Å²) in [5, 5.41) is 3.41. The van der Waals surface area contributed by atoms with Crippen LogP contribution < -0.4 is 5.32 Å². The largest absolute Gasteiger partial charge is 0.310 e. The quantitative estimate of drug-likeness (QED) is 0.885. The summed E-state index contributed by atoms with van der Waals surface area (Å²) >= 11 is 3.38. The van der Waals surface area contributed by atoms with Gasteiger partial charge in [0.25, 0.3) is 0 Å². The highest BCUT2D eigenvalue weighted by atomic mass is 79.9. The molecule has 106 valence electrons. The van der Waals surface area contributed by atoms with E-state index in [4.69, 9.17) is 0 Å². The molecule has 2 aromatic rings. The maximum atomic E-state index is 13.5. The lowest BCUT2D eigenvalue weighted by atomic mass is 9.97. The fraction of sp³-hybridized carbons (Fsp3) is 0.312. The van der Waals surface area contributed by atoms with Gasteiger partial charge in [-0.3, -0.25) is 4.98 Å². The number of nitrogens with zero attached hydrogens (tertiary/aromatic N) is 1. The number of halogens is 2. The summed E-state index contributed by atoms with van der Waals surface area (Å²) in [6.07, 6.45) is 2.53. The van der Waals surface area contributed by atoms with Crippen molar-refractivity contribution in [3.05, 3.63) is 63.6 Å². The van der Waals surface area contributed by atoms with Gasteiger partial charge in [0.2, 0.25) is 0 Å². The third-order valence-electron chi connectivity index (χ3n) is 3.27. The van der Waals surface area contributed by atoms with Gasteiger partial charge in [0.05, 0.1) is 0 Å². The van der Waals surface area contributed by atoms with Gasteiger partial charge >= 0.3 is 0 Å². The van der Waals surface area contributed by atoms with Crippen LogP contribution in [0.3, 0.4) is 0 Å². The Kier molecular flexibility index (Phi) is 5.26. The molecule has 0 radical (unpaired) electrons. The van der Waals surface area contributed by atoms with Gasteiger partial charge in [-0.25, -0.2) is 4.39 Å². The normalized spacial score (nSPS) is 12.4. The van der Waals surface area contributed by atoms with Crippen LogP contribution in [0.4, 0.5) is 4.39 Å². The molecule has 0 saturated carbocycles. The molecule has 0 bridgehead atoms. The zero-order valence-corrected chi connectivity index (χ0v) is 13.2. The van der Waals surface area contributed by atoms with Gasteiger partial charge < -0.3 is 5.32 Å². The van der Waals surface area contributed by atoms with Crippen molar-refractivity contribution in [2.45, 2.75) is 26.3 Å². The van der Waals surface area contributed by atoms with Crippen LogP contribution in [-0.4, -0.2) is 11.5 Å². The van der Waals surface area contributed by atoms with Crippen molar-refractivity contribution < 1.29 is 4.39 Å². The van der Waals surface area contributed by atoms with Gasteiger partial charge in [-0.05, 0) is 64.8 Å². The number of aryl methyl sites for hydroxylation is 1. The second-order valence-corrected chi connectivity index (χ2v) is 5.70. The molecule has 1 N–H and O–H groups in total. The Hall–Kier alpha value is -1.26. The van der Waals surface area contributed by atoms with Crippen LogP contribution in [0.2, 0.25) is 0 Å². The molecule has 1 aromatic carbocycles. The molecular formula is C16H18BrFN2. The van der Waals surface area contributed by atoms with E-state index >= 15 is 0 Å². The van der Waals surface area contributed by atoms with Gasteiger partial charge in [-0.15, -0.1) is 0 Å². The number of likely N-dealkylation sites (N-methyl/N-ethyl adjacent to an activating group) is 1.